The highest BCUT2D eigenvalue weighted by Gasteiger charge is 2.26. The molecular formula is C16H24N2O2. The summed E-state index contributed by atoms with van der Waals surface area (Å²) in [6, 6.07) is 10.1. The van der Waals surface area contributed by atoms with Crippen LogP contribution in [0.4, 0.5) is 0 Å². The van der Waals surface area contributed by atoms with Crippen molar-refractivity contribution in [3.05, 3.63) is 35.9 Å². The van der Waals surface area contributed by atoms with Gasteiger partial charge in [-0.2, -0.15) is 0 Å². The molecule has 1 saturated heterocycles. The third kappa shape index (κ3) is 4.94. The minimum Gasteiger partial charge on any atom is -0.388 e. The maximum Gasteiger partial charge on any atom is 0.184 e. The highest BCUT2D eigenvalue weighted by molar-refractivity contribution is 5.77. The Hall–Kier alpha value is -1.39. The Bertz CT molecular complexity index is 416. The van der Waals surface area contributed by atoms with Gasteiger partial charge in [-0.1, -0.05) is 43.2 Å². The molecule has 1 aliphatic heterocycles. The molecule has 0 aliphatic carbocycles. The highest BCUT2D eigenvalue weighted by Crippen LogP contribution is 2.28. The summed E-state index contributed by atoms with van der Waals surface area (Å²) in [5.41, 5.74) is 6.59. The fourth-order valence-electron chi connectivity index (χ4n) is 2.30. The monoisotopic (exact) mass is 276 g/mol. The van der Waals surface area contributed by atoms with E-state index in [9.17, 15) is 0 Å². The summed E-state index contributed by atoms with van der Waals surface area (Å²) >= 11 is 0. The lowest BCUT2D eigenvalue weighted by molar-refractivity contribution is -0.0613. The molecule has 0 bridgehead atoms. The Balaban J connectivity index is 1.61. The van der Waals surface area contributed by atoms with Gasteiger partial charge in [0.05, 0.1) is 18.5 Å². The molecule has 2 atom stereocenters. The quantitative estimate of drug-likeness (QED) is 0.473. The van der Waals surface area contributed by atoms with Crippen LogP contribution in [-0.4, -0.2) is 25.1 Å². The zero-order valence-electron chi connectivity index (χ0n) is 12.1. The number of hydrogen-bond donors (Lipinski definition) is 1. The predicted molar refractivity (Wildman–Crippen MR) is 80.6 cm³/mol. The van der Waals surface area contributed by atoms with E-state index in [-0.39, 0.29) is 12.4 Å². The summed E-state index contributed by atoms with van der Waals surface area (Å²) in [4.78, 5) is 4.18. The van der Waals surface area contributed by atoms with Crippen LogP contribution in [0.2, 0.25) is 0 Å². The van der Waals surface area contributed by atoms with Crippen molar-refractivity contribution in [2.24, 2.45) is 10.7 Å². The number of hydrogen-bond acceptors (Lipinski definition) is 3. The van der Waals surface area contributed by atoms with Crippen molar-refractivity contribution < 1.29 is 9.47 Å². The first-order valence-electron chi connectivity index (χ1n) is 7.34. The van der Waals surface area contributed by atoms with E-state index in [0.29, 0.717) is 12.4 Å². The molecule has 0 amide bonds. The van der Waals surface area contributed by atoms with Crippen LogP contribution in [0.3, 0.4) is 0 Å². The molecule has 2 unspecified atom stereocenters. The molecule has 1 aromatic rings. The van der Waals surface area contributed by atoms with Crippen LogP contribution in [0, 0.1) is 0 Å². The fourth-order valence-corrected chi connectivity index (χ4v) is 2.30. The van der Waals surface area contributed by atoms with E-state index >= 15 is 0 Å². The lowest BCUT2D eigenvalue weighted by Crippen LogP contribution is -2.09. The van der Waals surface area contributed by atoms with Crippen LogP contribution >= 0.6 is 0 Å². The molecule has 4 heteroatoms. The van der Waals surface area contributed by atoms with Crippen LogP contribution in [0.1, 0.15) is 44.5 Å². The zero-order chi connectivity index (χ0) is 14.2. The topological polar surface area (TPSA) is 56.8 Å². The van der Waals surface area contributed by atoms with Crippen molar-refractivity contribution in [2.75, 3.05) is 13.2 Å². The second-order valence-corrected chi connectivity index (χ2v) is 5.21. The average molecular weight is 276 g/mol. The average Bonchev–Trinajstić information content (AvgIpc) is 2.92. The molecule has 110 valence electrons. The molecule has 0 saturated carbocycles. The first kappa shape index (κ1) is 15.0. The van der Waals surface area contributed by atoms with Crippen molar-refractivity contribution in [3.8, 4) is 0 Å². The van der Waals surface area contributed by atoms with Gasteiger partial charge in [0.2, 0.25) is 0 Å². The molecule has 1 aromatic carbocycles. The van der Waals surface area contributed by atoms with Crippen molar-refractivity contribution >= 4 is 5.84 Å². The van der Waals surface area contributed by atoms with Gasteiger partial charge in [-0.05, 0) is 19.8 Å². The van der Waals surface area contributed by atoms with E-state index in [4.69, 9.17) is 15.2 Å². The van der Waals surface area contributed by atoms with Crippen LogP contribution < -0.4 is 5.73 Å². The van der Waals surface area contributed by atoms with Gasteiger partial charge in [0, 0.05) is 12.1 Å². The van der Waals surface area contributed by atoms with Crippen molar-refractivity contribution in [1.82, 2.24) is 0 Å². The Morgan fingerprint density at radius 2 is 2.05 bits per heavy atom. The molecule has 0 aromatic heterocycles. The highest BCUT2D eigenvalue weighted by atomic mass is 16.7. The van der Waals surface area contributed by atoms with Gasteiger partial charge in [0.25, 0.3) is 0 Å². The first-order valence-corrected chi connectivity index (χ1v) is 7.34. The van der Waals surface area contributed by atoms with Crippen molar-refractivity contribution in [3.63, 3.8) is 0 Å². The summed E-state index contributed by atoms with van der Waals surface area (Å²) in [7, 11) is 0. The molecule has 4 nitrogen and oxygen atoms in total. The molecule has 1 aliphatic rings. The first-order chi connectivity index (χ1) is 9.75. The zero-order valence-corrected chi connectivity index (χ0v) is 12.1. The summed E-state index contributed by atoms with van der Waals surface area (Å²) in [5.74, 6) is 0.670. The van der Waals surface area contributed by atoms with Gasteiger partial charge in [0.1, 0.15) is 0 Å². The number of aliphatic imine (C=N–C) groups is 1. The van der Waals surface area contributed by atoms with E-state index in [1.807, 2.05) is 37.3 Å². The van der Waals surface area contributed by atoms with Gasteiger partial charge in [-0.3, -0.25) is 4.99 Å². The molecule has 1 fully saturated rings. The van der Waals surface area contributed by atoms with Crippen LogP contribution in [-0.2, 0) is 9.47 Å². The molecule has 20 heavy (non-hydrogen) atoms. The van der Waals surface area contributed by atoms with Crippen LogP contribution in [0.5, 0.6) is 0 Å². The molecule has 2 rings (SSSR count). The number of nitrogens with two attached hydrogens (primary N) is 1. The minimum atomic E-state index is -0.189. The van der Waals surface area contributed by atoms with Gasteiger partial charge in [-0.25, -0.2) is 0 Å². The second-order valence-electron chi connectivity index (χ2n) is 5.21. The fraction of sp³-hybridized carbons (Fsp3) is 0.562. The van der Waals surface area contributed by atoms with Crippen LogP contribution in [0.25, 0.3) is 0 Å². The summed E-state index contributed by atoms with van der Waals surface area (Å²) in [6.45, 7) is 3.35. The number of unbranched alkanes of at least 4 members (excludes halogenated alkanes) is 2. The normalized spacial score (nSPS) is 23.1. The van der Waals surface area contributed by atoms with E-state index < -0.39 is 0 Å². The SMILES string of the molecule is CC(N)=NCCCCCC1COC(c2ccccc2)O1. The third-order valence-corrected chi connectivity index (χ3v) is 3.37. The molecular weight excluding hydrogens is 252 g/mol. The van der Waals surface area contributed by atoms with E-state index in [0.717, 1.165) is 37.8 Å². The maximum absolute atomic E-state index is 5.92. The van der Waals surface area contributed by atoms with E-state index in [1.54, 1.807) is 0 Å². The second kappa shape index (κ2) is 8.02. The summed E-state index contributed by atoms with van der Waals surface area (Å²) in [6.07, 6.45) is 4.48. The number of rotatable bonds is 7. The van der Waals surface area contributed by atoms with Crippen molar-refractivity contribution in [2.45, 2.75) is 45.0 Å². The van der Waals surface area contributed by atoms with E-state index in [1.165, 1.54) is 0 Å². The minimum absolute atomic E-state index is 0.189. The molecule has 0 spiro atoms. The number of nitrogens with zero attached hydrogens (tertiary/aromatic N) is 1. The number of amidine groups is 1. The number of ether oxygens (including phenoxy) is 2. The predicted octanol–water partition coefficient (Wildman–Crippen LogP) is 3.04. The Morgan fingerprint density at radius 1 is 1.25 bits per heavy atom. The number of benzene rings is 1. The lowest BCUT2D eigenvalue weighted by atomic mass is 10.1. The molecule has 1 heterocycles. The Labute approximate surface area is 121 Å². The Kier molecular flexibility index (Phi) is 6.02. The van der Waals surface area contributed by atoms with Gasteiger partial charge < -0.3 is 15.2 Å². The molecule has 2 N–H and O–H groups in total. The van der Waals surface area contributed by atoms with Gasteiger partial charge >= 0.3 is 0 Å². The summed E-state index contributed by atoms with van der Waals surface area (Å²) in [5, 5.41) is 0. The lowest BCUT2D eigenvalue weighted by Gasteiger charge is -2.11. The smallest absolute Gasteiger partial charge is 0.184 e. The summed E-state index contributed by atoms with van der Waals surface area (Å²) < 4.78 is 11.6. The van der Waals surface area contributed by atoms with Crippen LogP contribution in [0.15, 0.2) is 35.3 Å². The largest absolute Gasteiger partial charge is 0.388 e. The van der Waals surface area contributed by atoms with Gasteiger partial charge in [0.15, 0.2) is 6.29 Å². The van der Waals surface area contributed by atoms with E-state index in [2.05, 4.69) is 4.99 Å². The van der Waals surface area contributed by atoms with Gasteiger partial charge in [-0.15, -0.1) is 0 Å². The third-order valence-electron chi connectivity index (χ3n) is 3.37. The molecule has 0 radical (unpaired) electrons. The Morgan fingerprint density at radius 3 is 2.80 bits per heavy atom. The maximum atomic E-state index is 5.92. The standard InChI is InChI=1S/C16H24N2O2/c1-13(17)18-11-7-3-6-10-15-12-19-16(20-15)14-8-4-2-5-9-14/h2,4-5,8-9,15-16H,3,6-7,10-12H2,1H3,(H2,17,18). The van der Waals surface area contributed by atoms with Crippen molar-refractivity contribution in [1.29, 1.82) is 0 Å².